The fourth-order valence-electron chi connectivity index (χ4n) is 1.92. The predicted molar refractivity (Wildman–Crippen MR) is 48.8 cm³/mol. The van der Waals surface area contributed by atoms with Crippen molar-refractivity contribution in [1.82, 2.24) is 0 Å². The van der Waals surface area contributed by atoms with Crippen LogP contribution in [0.15, 0.2) is 18.2 Å². The molecule has 2 rings (SSSR count). The van der Waals surface area contributed by atoms with Gasteiger partial charge in [-0.05, 0) is 24.1 Å². The highest BCUT2D eigenvalue weighted by Gasteiger charge is 2.56. The molecule has 78 valence electrons. The van der Waals surface area contributed by atoms with Crippen LogP contribution >= 0.6 is 0 Å². The molecule has 0 heterocycles. The topological polar surface area (TPSA) is 44.0 Å². The number of nitriles is 1. The zero-order valence-electron chi connectivity index (χ0n) is 7.87. The Kier molecular flexibility index (Phi) is 2.20. The van der Waals surface area contributed by atoms with Gasteiger partial charge in [-0.1, -0.05) is 0 Å². The van der Waals surface area contributed by atoms with Crippen LogP contribution in [0.4, 0.5) is 8.78 Å². The Balaban J connectivity index is 2.42. The largest absolute Gasteiger partial charge is 0.396 e. The summed E-state index contributed by atoms with van der Waals surface area (Å²) in [5, 5.41) is 17.9. The third-order valence-electron chi connectivity index (χ3n) is 2.90. The van der Waals surface area contributed by atoms with E-state index in [9.17, 15) is 8.78 Å². The number of aliphatic hydroxyl groups is 1. The number of halogens is 2. The average molecular weight is 209 g/mol. The normalized spacial score (nSPS) is 28.5. The SMILES string of the molecule is N#CC1(c2cc(F)cc(F)c2)CC1CO. The van der Waals surface area contributed by atoms with E-state index in [0.717, 1.165) is 18.2 Å². The minimum atomic E-state index is -0.891. The van der Waals surface area contributed by atoms with Crippen LogP contribution < -0.4 is 0 Å². The Bertz CT molecular complexity index is 420. The molecule has 0 aromatic heterocycles. The van der Waals surface area contributed by atoms with Crippen LogP contribution in [0.3, 0.4) is 0 Å². The Morgan fingerprint density at radius 3 is 2.40 bits per heavy atom. The lowest BCUT2D eigenvalue weighted by atomic mass is 9.95. The van der Waals surface area contributed by atoms with E-state index in [4.69, 9.17) is 10.4 Å². The van der Waals surface area contributed by atoms with E-state index in [0.29, 0.717) is 12.0 Å². The van der Waals surface area contributed by atoms with Gasteiger partial charge in [0.25, 0.3) is 0 Å². The van der Waals surface area contributed by atoms with Gasteiger partial charge in [-0.2, -0.15) is 5.26 Å². The van der Waals surface area contributed by atoms with Crippen molar-refractivity contribution in [2.75, 3.05) is 6.61 Å². The van der Waals surface area contributed by atoms with Gasteiger partial charge < -0.3 is 5.11 Å². The summed E-state index contributed by atoms with van der Waals surface area (Å²) in [5.41, 5.74) is -0.570. The molecular formula is C11H9F2NO. The molecule has 15 heavy (non-hydrogen) atoms. The Hall–Kier alpha value is -1.47. The van der Waals surface area contributed by atoms with E-state index in [1.807, 2.05) is 6.07 Å². The van der Waals surface area contributed by atoms with Crippen LogP contribution in [0.1, 0.15) is 12.0 Å². The molecule has 0 saturated heterocycles. The van der Waals surface area contributed by atoms with E-state index in [2.05, 4.69) is 0 Å². The molecule has 0 spiro atoms. The molecule has 0 radical (unpaired) electrons. The van der Waals surface area contributed by atoms with Crippen LogP contribution in [-0.2, 0) is 5.41 Å². The molecule has 0 bridgehead atoms. The van der Waals surface area contributed by atoms with Crippen molar-refractivity contribution >= 4 is 0 Å². The lowest BCUT2D eigenvalue weighted by molar-refractivity contribution is 0.269. The Labute approximate surface area is 85.8 Å². The van der Waals surface area contributed by atoms with Crippen LogP contribution in [0.25, 0.3) is 0 Å². The van der Waals surface area contributed by atoms with Gasteiger partial charge in [0.15, 0.2) is 0 Å². The van der Waals surface area contributed by atoms with Crippen LogP contribution in [0.5, 0.6) is 0 Å². The predicted octanol–water partition coefficient (Wildman–Crippen LogP) is 1.74. The summed E-state index contributed by atoms with van der Waals surface area (Å²) >= 11 is 0. The molecule has 2 unspecified atom stereocenters. The summed E-state index contributed by atoms with van der Waals surface area (Å²) in [6.45, 7) is -0.133. The van der Waals surface area contributed by atoms with Crippen molar-refractivity contribution in [3.05, 3.63) is 35.4 Å². The molecule has 4 heteroatoms. The fourth-order valence-corrected chi connectivity index (χ4v) is 1.92. The van der Waals surface area contributed by atoms with E-state index >= 15 is 0 Å². The van der Waals surface area contributed by atoms with Crippen molar-refractivity contribution in [3.8, 4) is 6.07 Å². The van der Waals surface area contributed by atoms with Gasteiger partial charge in [0.05, 0.1) is 11.5 Å². The monoisotopic (exact) mass is 209 g/mol. The molecule has 2 nitrogen and oxygen atoms in total. The first-order valence-electron chi connectivity index (χ1n) is 4.61. The molecule has 1 N–H and O–H groups in total. The van der Waals surface area contributed by atoms with Crippen LogP contribution in [0, 0.1) is 28.9 Å². The lowest BCUT2D eigenvalue weighted by Crippen LogP contribution is -2.10. The smallest absolute Gasteiger partial charge is 0.126 e. The van der Waals surface area contributed by atoms with Gasteiger partial charge in [0.1, 0.15) is 11.6 Å². The van der Waals surface area contributed by atoms with Crippen LogP contribution in [-0.4, -0.2) is 11.7 Å². The van der Waals surface area contributed by atoms with Gasteiger partial charge in [-0.25, -0.2) is 8.78 Å². The van der Waals surface area contributed by atoms with E-state index < -0.39 is 17.0 Å². The standard InChI is InChI=1S/C11H9F2NO/c12-9-1-7(2-10(13)3-9)11(6-14)4-8(11)5-15/h1-3,8,15H,4-5H2. The summed E-state index contributed by atoms with van der Waals surface area (Å²) in [7, 11) is 0. The molecule has 1 saturated carbocycles. The van der Waals surface area contributed by atoms with Gasteiger partial charge in [0.2, 0.25) is 0 Å². The molecule has 1 aromatic carbocycles. The van der Waals surface area contributed by atoms with Crippen molar-refractivity contribution in [2.24, 2.45) is 5.92 Å². The number of rotatable bonds is 2. The first kappa shape index (κ1) is 10.1. The molecule has 1 aliphatic rings. The molecule has 2 atom stereocenters. The van der Waals surface area contributed by atoms with Crippen molar-refractivity contribution in [2.45, 2.75) is 11.8 Å². The maximum Gasteiger partial charge on any atom is 0.126 e. The molecule has 0 amide bonds. The number of hydrogen-bond acceptors (Lipinski definition) is 2. The zero-order chi connectivity index (χ0) is 11.1. The minimum Gasteiger partial charge on any atom is -0.396 e. The number of nitrogens with zero attached hydrogens (tertiary/aromatic N) is 1. The summed E-state index contributed by atoms with van der Waals surface area (Å²) in [5.74, 6) is -1.59. The second-order valence-electron chi connectivity index (χ2n) is 3.82. The summed E-state index contributed by atoms with van der Waals surface area (Å²) in [4.78, 5) is 0. The van der Waals surface area contributed by atoms with Gasteiger partial charge in [-0.3, -0.25) is 0 Å². The van der Waals surface area contributed by atoms with Gasteiger partial charge >= 0.3 is 0 Å². The summed E-state index contributed by atoms with van der Waals surface area (Å²) in [6, 6.07) is 5.11. The quantitative estimate of drug-likeness (QED) is 0.806. The van der Waals surface area contributed by atoms with Crippen molar-refractivity contribution < 1.29 is 13.9 Å². The first-order valence-corrected chi connectivity index (χ1v) is 4.61. The van der Waals surface area contributed by atoms with Crippen LogP contribution in [0.2, 0.25) is 0 Å². The van der Waals surface area contributed by atoms with Gasteiger partial charge in [0, 0.05) is 18.6 Å². The maximum atomic E-state index is 12.9. The third-order valence-corrected chi connectivity index (χ3v) is 2.90. The van der Waals surface area contributed by atoms with E-state index in [1.54, 1.807) is 0 Å². The average Bonchev–Trinajstić information content (AvgIpc) is 2.91. The van der Waals surface area contributed by atoms with E-state index in [1.165, 1.54) is 0 Å². The summed E-state index contributed by atoms with van der Waals surface area (Å²) < 4.78 is 25.9. The van der Waals surface area contributed by atoms with Crippen molar-refractivity contribution in [3.63, 3.8) is 0 Å². The fraction of sp³-hybridized carbons (Fsp3) is 0.364. The third kappa shape index (κ3) is 1.49. The van der Waals surface area contributed by atoms with E-state index in [-0.39, 0.29) is 12.5 Å². The molecule has 1 aliphatic carbocycles. The minimum absolute atomic E-state index is 0.133. The molecule has 1 fully saturated rings. The maximum absolute atomic E-state index is 12.9. The second-order valence-corrected chi connectivity index (χ2v) is 3.82. The molecule has 1 aromatic rings. The number of hydrogen-bond donors (Lipinski definition) is 1. The summed E-state index contributed by atoms with van der Waals surface area (Å²) in [6.07, 6.45) is 0.461. The highest BCUT2D eigenvalue weighted by molar-refractivity contribution is 5.41. The first-order chi connectivity index (χ1) is 7.12. The zero-order valence-corrected chi connectivity index (χ0v) is 7.87. The Morgan fingerprint density at radius 2 is 2.00 bits per heavy atom. The lowest BCUT2D eigenvalue weighted by Gasteiger charge is -2.08. The second kappa shape index (κ2) is 3.28. The van der Waals surface area contributed by atoms with Gasteiger partial charge in [-0.15, -0.1) is 0 Å². The highest BCUT2D eigenvalue weighted by Crippen LogP contribution is 2.53. The molecule has 0 aliphatic heterocycles. The highest BCUT2D eigenvalue weighted by atomic mass is 19.1. The number of aliphatic hydroxyl groups excluding tert-OH is 1. The Morgan fingerprint density at radius 1 is 1.40 bits per heavy atom. The number of benzene rings is 1. The molecular weight excluding hydrogens is 200 g/mol. The van der Waals surface area contributed by atoms with Crippen molar-refractivity contribution in [1.29, 1.82) is 5.26 Å².